The van der Waals surface area contributed by atoms with Crippen LogP contribution in [-0.2, 0) is 25.5 Å². The summed E-state index contributed by atoms with van der Waals surface area (Å²) in [6.07, 6.45) is 0.923. The second-order valence-electron chi connectivity index (χ2n) is 6.71. The number of hydrogen-bond acceptors (Lipinski definition) is 4. The number of benzene rings is 2. The van der Waals surface area contributed by atoms with Crippen LogP contribution in [0.3, 0.4) is 0 Å². The number of anilines is 2. The molecule has 2 aromatic rings. The molecule has 1 heterocycles. The molecule has 0 unspecified atom stereocenters. The minimum atomic E-state index is -0.657. The highest BCUT2D eigenvalue weighted by atomic mass is 79.9. The molecule has 3 rings (SSSR count). The number of ether oxygens (including phenoxy) is 1. The molecule has 0 saturated carbocycles. The minimum Gasteiger partial charge on any atom is -0.455 e. The van der Waals surface area contributed by atoms with Gasteiger partial charge in [-0.25, -0.2) is 4.39 Å². The summed E-state index contributed by atoms with van der Waals surface area (Å²) in [5, 5.41) is 2.35. The topological polar surface area (TPSA) is 75.7 Å². The Kier molecular flexibility index (Phi) is 6.64. The van der Waals surface area contributed by atoms with E-state index in [1.54, 1.807) is 11.0 Å². The highest BCUT2D eigenvalue weighted by Gasteiger charge is 2.36. The maximum atomic E-state index is 13.8. The molecule has 1 fully saturated rings. The van der Waals surface area contributed by atoms with Crippen molar-refractivity contribution in [3.63, 3.8) is 0 Å². The summed E-state index contributed by atoms with van der Waals surface area (Å²) in [5.41, 5.74) is 1.88. The smallest absolute Gasteiger partial charge is 0.311 e. The zero-order valence-corrected chi connectivity index (χ0v) is 17.4. The predicted octanol–water partition coefficient (Wildman–Crippen LogP) is 3.69. The predicted molar refractivity (Wildman–Crippen MR) is 110 cm³/mol. The van der Waals surface area contributed by atoms with Crippen molar-refractivity contribution >= 4 is 45.1 Å². The molecule has 2 aromatic carbocycles. The molecule has 1 atom stereocenters. The van der Waals surface area contributed by atoms with Crippen molar-refractivity contribution in [3.05, 3.63) is 58.3 Å². The number of aryl methyl sites for hydroxylation is 1. The van der Waals surface area contributed by atoms with Gasteiger partial charge in [0.15, 0.2) is 6.61 Å². The molecule has 8 heteroatoms. The molecule has 0 radical (unpaired) electrons. The summed E-state index contributed by atoms with van der Waals surface area (Å²) >= 11 is 3.13. The lowest BCUT2D eigenvalue weighted by Gasteiger charge is -2.17. The van der Waals surface area contributed by atoms with E-state index >= 15 is 0 Å². The fourth-order valence-electron chi connectivity index (χ4n) is 3.06. The van der Waals surface area contributed by atoms with Crippen molar-refractivity contribution in [2.45, 2.75) is 19.8 Å². The van der Waals surface area contributed by atoms with Crippen LogP contribution in [0.15, 0.2) is 46.9 Å². The van der Waals surface area contributed by atoms with E-state index in [-0.39, 0.29) is 24.6 Å². The van der Waals surface area contributed by atoms with Gasteiger partial charge in [-0.3, -0.25) is 14.4 Å². The lowest BCUT2D eigenvalue weighted by Crippen LogP contribution is -2.28. The molecule has 0 aromatic heterocycles. The highest BCUT2D eigenvalue weighted by Crippen LogP contribution is 2.26. The first kappa shape index (κ1) is 21.0. The molecule has 1 N–H and O–H groups in total. The van der Waals surface area contributed by atoms with Crippen LogP contribution in [0.5, 0.6) is 0 Å². The van der Waals surface area contributed by atoms with Crippen LogP contribution in [0.25, 0.3) is 0 Å². The van der Waals surface area contributed by atoms with Crippen molar-refractivity contribution in [3.8, 4) is 0 Å². The first-order valence-corrected chi connectivity index (χ1v) is 9.97. The van der Waals surface area contributed by atoms with Crippen LogP contribution in [0.2, 0.25) is 0 Å². The Hall–Kier alpha value is -2.74. The van der Waals surface area contributed by atoms with E-state index in [1.165, 1.54) is 12.1 Å². The number of carbonyl (C=O) groups is 3. The molecule has 29 heavy (non-hydrogen) atoms. The standard InChI is InChI=1S/C21H20BrFN2O4/c1-2-13-3-6-16(7-4-13)25-11-14(9-20(25)27)21(28)29-12-19(26)24-18-8-5-15(22)10-17(18)23/h3-8,10,14H,2,9,11-12H2,1H3,(H,24,26)/t14-/m1/s1. The molecule has 1 aliphatic heterocycles. The Bertz CT molecular complexity index is 933. The maximum Gasteiger partial charge on any atom is 0.311 e. The van der Waals surface area contributed by atoms with Gasteiger partial charge in [-0.2, -0.15) is 0 Å². The van der Waals surface area contributed by atoms with Crippen LogP contribution in [0.1, 0.15) is 18.9 Å². The number of carbonyl (C=O) groups excluding carboxylic acids is 3. The SMILES string of the molecule is CCc1ccc(N2C[C@H](C(=O)OCC(=O)Nc3ccc(Br)cc3F)CC2=O)cc1. The average molecular weight is 463 g/mol. The lowest BCUT2D eigenvalue weighted by molar-refractivity contribution is -0.151. The van der Waals surface area contributed by atoms with Crippen LogP contribution in [0, 0.1) is 11.7 Å². The van der Waals surface area contributed by atoms with Gasteiger partial charge in [0, 0.05) is 23.1 Å². The van der Waals surface area contributed by atoms with Gasteiger partial charge in [-0.05, 0) is 42.3 Å². The van der Waals surface area contributed by atoms with Gasteiger partial charge in [0.05, 0.1) is 11.6 Å². The Labute approximate surface area is 176 Å². The zero-order chi connectivity index (χ0) is 21.0. The third-order valence-corrected chi connectivity index (χ3v) is 5.16. The normalized spacial score (nSPS) is 16.0. The van der Waals surface area contributed by atoms with Gasteiger partial charge in [0.1, 0.15) is 5.82 Å². The maximum absolute atomic E-state index is 13.8. The van der Waals surface area contributed by atoms with Crippen LogP contribution >= 0.6 is 15.9 Å². The van der Waals surface area contributed by atoms with Crippen molar-refractivity contribution in [1.29, 1.82) is 0 Å². The summed E-state index contributed by atoms with van der Waals surface area (Å²) in [6.45, 7) is 1.69. The molecule has 0 spiro atoms. The Morgan fingerprint density at radius 1 is 1.24 bits per heavy atom. The van der Waals surface area contributed by atoms with Gasteiger partial charge in [0.2, 0.25) is 5.91 Å². The van der Waals surface area contributed by atoms with Crippen molar-refractivity contribution < 1.29 is 23.5 Å². The van der Waals surface area contributed by atoms with Crippen LogP contribution < -0.4 is 10.2 Å². The fraction of sp³-hybridized carbons (Fsp3) is 0.286. The highest BCUT2D eigenvalue weighted by molar-refractivity contribution is 9.10. The third-order valence-electron chi connectivity index (χ3n) is 4.67. The van der Waals surface area contributed by atoms with Crippen molar-refractivity contribution in [2.24, 2.45) is 5.92 Å². The van der Waals surface area contributed by atoms with Gasteiger partial charge >= 0.3 is 5.97 Å². The van der Waals surface area contributed by atoms with E-state index in [0.29, 0.717) is 4.47 Å². The molecule has 0 bridgehead atoms. The first-order chi connectivity index (χ1) is 13.9. The summed E-state index contributed by atoms with van der Waals surface area (Å²) in [7, 11) is 0. The second kappa shape index (κ2) is 9.17. The van der Waals surface area contributed by atoms with Crippen molar-refractivity contribution in [1.82, 2.24) is 0 Å². The first-order valence-electron chi connectivity index (χ1n) is 9.18. The molecule has 6 nitrogen and oxygen atoms in total. The number of halogens is 2. The quantitative estimate of drug-likeness (QED) is 0.664. The number of rotatable bonds is 6. The van der Waals surface area contributed by atoms with Crippen molar-refractivity contribution in [2.75, 3.05) is 23.4 Å². The monoisotopic (exact) mass is 462 g/mol. The molecule has 152 valence electrons. The largest absolute Gasteiger partial charge is 0.455 e. The minimum absolute atomic E-state index is 0.00741. The Morgan fingerprint density at radius 3 is 2.62 bits per heavy atom. The fourth-order valence-corrected chi connectivity index (χ4v) is 3.39. The van der Waals surface area contributed by atoms with Gasteiger partial charge in [-0.15, -0.1) is 0 Å². The summed E-state index contributed by atoms with van der Waals surface area (Å²) in [4.78, 5) is 38.0. The van der Waals surface area contributed by atoms with E-state index in [1.807, 2.05) is 31.2 Å². The lowest BCUT2D eigenvalue weighted by atomic mass is 10.1. The Morgan fingerprint density at radius 2 is 1.97 bits per heavy atom. The summed E-state index contributed by atoms with van der Waals surface area (Å²) < 4.78 is 19.3. The molecule has 2 amide bonds. The second-order valence-corrected chi connectivity index (χ2v) is 7.62. The van der Waals surface area contributed by atoms with E-state index in [4.69, 9.17) is 4.74 Å². The average Bonchev–Trinajstić information content (AvgIpc) is 3.10. The van der Waals surface area contributed by atoms with E-state index in [9.17, 15) is 18.8 Å². The van der Waals surface area contributed by atoms with Gasteiger partial charge in [-0.1, -0.05) is 35.0 Å². The van der Waals surface area contributed by atoms with Gasteiger partial charge in [0.25, 0.3) is 5.91 Å². The summed E-state index contributed by atoms with van der Waals surface area (Å²) in [5.74, 6) is -2.71. The van der Waals surface area contributed by atoms with E-state index < -0.39 is 30.2 Å². The number of hydrogen-bond donors (Lipinski definition) is 1. The molecule has 0 aliphatic carbocycles. The molecular weight excluding hydrogens is 443 g/mol. The number of esters is 1. The van der Waals surface area contributed by atoms with Crippen LogP contribution in [0.4, 0.5) is 15.8 Å². The third kappa shape index (κ3) is 5.20. The van der Waals surface area contributed by atoms with Crippen LogP contribution in [-0.4, -0.2) is 30.9 Å². The zero-order valence-electron chi connectivity index (χ0n) is 15.8. The Balaban J connectivity index is 1.52. The molecule has 1 aliphatic rings. The molecular formula is C21H20BrFN2O4. The number of amides is 2. The number of nitrogens with one attached hydrogen (secondary N) is 1. The number of nitrogens with zero attached hydrogens (tertiary/aromatic N) is 1. The van der Waals surface area contributed by atoms with E-state index in [0.717, 1.165) is 17.7 Å². The van der Waals surface area contributed by atoms with Gasteiger partial charge < -0.3 is 15.0 Å². The molecule has 1 saturated heterocycles. The van der Waals surface area contributed by atoms with E-state index in [2.05, 4.69) is 21.2 Å². The summed E-state index contributed by atoms with van der Waals surface area (Å²) in [6, 6.07) is 11.8.